The van der Waals surface area contributed by atoms with E-state index in [2.05, 4.69) is 16.8 Å². The fraction of sp³-hybridized carbons (Fsp3) is 0.379. The predicted molar refractivity (Wildman–Crippen MR) is 138 cm³/mol. The molecule has 9 heteroatoms. The highest BCUT2D eigenvalue weighted by Crippen LogP contribution is 2.37. The van der Waals surface area contributed by atoms with Crippen LogP contribution in [0.4, 0.5) is 13.2 Å². The van der Waals surface area contributed by atoms with E-state index in [0.29, 0.717) is 57.8 Å². The molecule has 3 N–H and O–H groups in total. The number of carbonyl (C=O) groups is 1. The van der Waals surface area contributed by atoms with E-state index >= 15 is 0 Å². The highest BCUT2D eigenvalue weighted by atomic mass is 19.2. The molecule has 0 atom stereocenters. The quantitative estimate of drug-likeness (QED) is 0.329. The number of piperidine rings is 1. The number of carboxylic acid groups (broad SMARTS) is 1. The van der Waals surface area contributed by atoms with Crippen LogP contribution >= 0.6 is 0 Å². The Morgan fingerprint density at radius 2 is 1.97 bits per heavy atom. The molecule has 200 valence electrons. The molecule has 0 radical (unpaired) electrons. The third kappa shape index (κ3) is 5.93. The summed E-state index contributed by atoms with van der Waals surface area (Å²) in [6.45, 7) is 1.59. The number of methoxy groups -OCH3 is 1. The van der Waals surface area contributed by atoms with E-state index in [1.807, 2.05) is 23.1 Å². The van der Waals surface area contributed by atoms with Crippen LogP contribution in [-0.2, 0) is 17.8 Å². The van der Waals surface area contributed by atoms with Crippen LogP contribution in [0.15, 0.2) is 36.5 Å². The SMILES string of the molecule is COc1ccc2ncc(CN)c(CCCC3(C(=O)O)CCN(CC#Cc4cc(F)cc(F)c4F)CC3)c2c1. The highest BCUT2D eigenvalue weighted by molar-refractivity contribution is 5.84. The van der Waals surface area contributed by atoms with Gasteiger partial charge in [-0.1, -0.05) is 11.8 Å². The van der Waals surface area contributed by atoms with Crippen molar-refractivity contribution in [1.82, 2.24) is 9.88 Å². The second kappa shape index (κ2) is 11.8. The van der Waals surface area contributed by atoms with Crippen LogP contribution in [0, 0.1) is 34.7 Å². The second-order valence-corrected chi connectivity index (χ2v) is 9.62. The van der Waals surface area contributed by atoms with Gasteiger partial charge in [0.1, 0.15) is 11.6 Å². The normalized spacial score (nSPS) is 15.2. The zero-order valence-corrected chi connectivity index (χ0v) is 21.2. The van der Waals surface area contributed by atoms with Crippen molar-refractivity contribution in [3.8, 4) is 17.6 Å². The van der Waals surface area contributed by atoms with Crippen molar-refractivity contribution in [3.05, 3.63) is 70.7 Å². The molecule has 1 aliphatic heterocycles. The first-order valence-corrected chi connectivity index (χ1v) is 12.5. The monoisotopic (exact) mass is 525 g/mol. The Bertz CT molecular complexity index is 1390. The van der Waals surface area contributed by atoms with Gasteiger partial charge in [0.25, 0.3) is 0 Å². The molecule has 38 heavy (non-hydrogen) atoms. The first-order chi connectivity index (χ1) is 18.3. The Balaban J connectivity index is 1.40. The topological polar surface area (TPSA) is 88.7 Å². The van der Waals surface area contributed by atoms with E-state index in [0.717, 1.165) is 33.8 Å². The Kier molecular flexibility index (Phi) is 8.55. The lowest BCUT2D eigenvalue weighted by Gasteiger charge is -2.38. The van der Waals surface area contributed by atoms with Gasteiger partial charge in [-0.3, -0.25) is 14.7 Å². The lowest BCUT2D eigenvalue weighted by atomic mass is 9.74. The fourth-order valence-electron chi connectivity index (χ4n) is 5.07. The smallest absolute Gasteiger partial charge is 0.309 e. The molecule has 1 saturated heterocycles. The molecule has 2 heterocycles. The molecule has 0 unspecified atom stereocenters. The zero-order chi connectivity index (χ0) is 27.3. The van der Waals surface area contributed by atoms with Gasteiger partial charge in [0.2, 0.25) is 0 Å². The summed E-state index contributed by atoms with van der Waals surface area (Å²) in [7, 11) is 1.61. The van der Waals surface area contributed by atoms with Crippen LogP contribution in [-0.4, -0.2) is 47.7 Å². The average molecular weight is 526 g/mol. The number of fused-ring (bicyclic) bond motifs is 1. The standard InChI is InChI=1S/C29H30F3N3O3/c1-38-22-6-7-26-24(16-22)23(20(17-33)18-34-26)5-2-8-29(28(36)37)9-12-35(13-10-29)11-3-4-19-14-21(30)15-25(31)27(19)32/h6-7,14-16,18H,2,5,8-13,17,33H2,1H3,(H,36,37). The number of hydrogen-bond donors (Lipinski definition) is 2. The minimum Gasteiger partial charge on any atom is -0.497 e. The summed E-state index contributed by atoms with van der Waals surface area (Å²) in [6, 6.07) is 7.02. The van der Waals surface area contributed by atoms with Gasteiger partial charge in [-0.15, -0.1) is 0 Å². The lowest BCUT2D eigenvalue weighted by Crippen LogP contribution is -2.44. The molecule has 0 amide bonds. The van der Waals surface area contributed by atoms with Gasteiger partial charge in [-0.05, 0) is 67.5 Å². The van der Waals surface area contributed by atoms with Crippen molar-refractivity contribution in [2.45, 2.75) is 38.6 Å². The molecule has 0 aliphatic carbocycles. The summed E-state index contributed by atoms with van der Waals surface area (Å²) in [5, 5.41) is 11.1. The van der Waals surface area contributed by atoms with E-state index in [1.165, 1.54) is 0 Å². The number of benzene rings is 2. The van der Waals surface area contributed by atoms with Crippen LogP contribution < -0.4 is 10.5 Å². The summed E-state index contributed by atoms with van der Waals surface area (Å²) in [6.07, 6.45) is 4.51. The van der Waals surface area contributed by atoms with Gasteiger partial charge in [0, 0.05) is 37.3 Å². The number of nitrogens with two attached hydrogens (primary N) is 1. The summed E-state index contributed by atoms with van der Waals surface area (Å²) in [5.74, 6) is 1.78. The second-order valence-electron chi connectivity index (χ2n) is 9.62. The van der Waals surface area contributed by atoms with Crippen molar-refractivity contribution >= 4 is 16.9 Å². The van der Waals surface area contributed by atoms with Gasteiger partial charge in [-0.2, -0.15) is 0 Å². The molecule has 2 aromatic carbocycles. The number of rotatable bonds is 8. The molecule has 4 rings (SSSR count). The first kappa shape index (κ1) is 27.4. The molecule has 3 aromatic rings. The van der Waals surface area contributed by atoms with Crippen molar-refractivity contribution in [3.63, 3.8) is 0 Å². The van der Waals surface area contributed by atoms with E-state index in [-0.39, 0.29) is 12.1 Å². The van der Waals surface area contributed by atoms with Crippen molar-refractivity contribution < 1.29 is 27.8 Å². The van der Waals surface area contributed by atoms with Gasteiger partial charge >= 0.3 is 5.97 Å². The number of nitrogens with zero attached hydrogens (tertiary/aromatic N) is 2. The van der Waals surface area contributed by atoms with Crippen LogP contribution in [0.3, 0.4) is 0 Å². The minimum absolute atomic E-state index is 0.248. The molecular formula is C29H30F3N3O3. The van der Waals surface area contributed by atoms with Crippen LogP contribution in [0.2, 0.25) is 0 Å². The van der Waals surface area contributed by atoms with E-state index in [9.17, 15) is 23.1 Å². The molecule has 0 bridgehead atoms. The minimum atomic E-state index is -1.28. The van der Waals surface area contributed by atoms with E-state index in [1.54, 1.807) is 13.3 Å². The first-order valence-electron chi connectivity index (χ1n) is 12.5. The molecule has 0 spiro atoms. The predicted octanol–water partition coefficient (Wildman–Crippen LogP) is 4.66. The maximum Gasteiger partial charge on any atom is 0.309 e. The number of aliphatic carboxylic acids is 1. The number of ether oxygens (including phenoxy) is 1. The number of halogens is 3. The van der Waals surface area contributed by atoms with Gasteiger partial charge in [0.15, 0.2) is 11.6 Å². The number of hydrogen-bond acceptors (Lipinski definition) is 5. The van der Waals surface area contributed by atoms with Crippen LogP contribution in [0.25, 0.3) is 10.9 Å². The third-order valence-corrected chi connectivity index (χ3v) is 7.36. The molecule has 6 nitrogen and oxygen atoms in total. The molecule has 1 fully saturated rings. The summed E-state index contributed by atoms with van der Waals surface area (Å²) in [5.41, 5.74) is 7.61. The summed E-state index contributed by atoms with van der Waals surface area (Å²) >= 11 is 0. The largest absolute Gasteiger partial charge is 0.497 e. The van der Waals surface area contributed by atoms with Gasteiger partial charge < -0.3 is 15.6 Å². The molecule has 1 aromatic heterocycles. The Morgan fingerprint density at radius 1 is 1.21 bits per heavy atom. The van der Waals surface area contributed by atoms with Crippen LogP contribution in [0.5, 0.6) is 5.75 Å². The van der Waals surface area contributed by atoms with Gasteiger partial charge in [0.05, 0.1) is 30.1 Å². The molecule has 0 saturated carbocycles. The molecular weight excluding hydrogens is 495 g/mol. The van der Waals surface area contributed by atoms with E-state index < -0.39 is 28.8 Å². The lowest BCUT2D eigenvalue weighted by molar-refractivity contribution is -0.152. The third-order valence-electron chi connectivity index (χ3n) is 7.36. The summed E-state index contributed by atoms with van der Waals surface area (Å²) in [4.78, 5) is 18.8. The van der Waals surface area contributed by atoms with Crippen molar-refractivity contribution in [1.29, 1.82) is 0 Å². The van der Waals surface area contributed by atoms with Crippen molar-refractivity contribution in [2.75, 3.05) is 26.7 Å². The highest BCUT2D eigenvalue weighted by Gasteiger charge is 2.40. The van der Waals surface area contributed by atoms with Gasteiger partial charge in [-0.25, -0.2) is 13.2 Å². The van der Waals surface area contributed by atoms with Crippen molar-refractivity contribution in [2.24, 2.45) is 11.1 Å². The molecule has 1 aliphatic rings. The maximum atomic E-state index is 13.8. The fourth-order valence-corrected chi connectivity index (χ4v) is 5.07. The number of carboxylic acids is 1. The zero-order valence-electron chi connectivity index (χ0n) is 21.2. The van der Waals surface area contributed by atoms with Crippen LogP contribution in [0.1, 0.15) is 42.4 Å². The summed E-state index contributed by atoms with van der Waals surface area (Å²) < 4.78 is 45.9. The number of aromatic nitrogens is 1. The number of pyridine rings is 1. The number of aryl methyl sites for hydroxylation is 1. The Morgan fingerprint density at radius 3 is 2.66 bits per heavy atom. The van der Waals surface area contributed by atoms with E-state index in [4.69, 9.17) is 10.5 Å². The Hall–Kier alpha value is -3.61. The number of likely N-dealkylation sites (tertiary alicyclic amines) is 1. The maximum absolute atomic E-state index is 13.8. The Labute approximate surface area is 219 Å². The average Bonchev–Trinajstić information content (AvgIpc) is 2.91.